The lowest BCUT2D eigenvalue weighted by atomic mass is 9.94. The summed E-state index contributed by atoms with van der Waals surface area (Å²) in [6, 6.07) is 7.60. The van der Waals surface area contributed by atoms with Crippen LogP contribution in [0, 0.1) is 5.92 Å². The number of esters is 1. The molecule has 1 aliphatic carbocycles. The van der Waals surface area contributed by atoms with Gasteiger partial charge in [-0.1, -0.05) is 30.4 Å². The highest BCUT2D eigenvalue weighted by molar-refractivity contribution is 6.10. The van der Waals surface area contributed by atoms with E-state index in [4.69, 9.17) is 4.74 Å². The fourth-order valence-corrected chi connectivity index (χ4v) is 2.83. The molecule has 4 heteroatoms. The van der Waals surface area contributed by atoms with Gasteiger partial charge < -0.3 is 9.72 Å². The number of benzene rings is 1. The lowest BCUT2D eigenvalue weighted by molar-refractivity contribution is -0.151. The van der Waals surface area contributed by atoms with Crippen molar-refractivity contribution in [1.82, 2.24) is 4.98 Å². The van der Waals surface area contributed by atoms with E-state index in [0.717, 1.165) is 23.7 Å². The average Bonchev–Trinajstić information content (AvgIpc) is 2.99. The number of aromatic nitrogens is 1. The van der Waals surface area contributed by atoms with E-state index in [-0.39, 0.29) is 17.7 Å². The Morgan fingerprint density at radius 3 is 2.86 bits per heavy atom. The molecule has 0 fully saturated rings. The van der Waals surface area contributed by atoms with E-state index in [0.29, 0.717) is 12.0 Å². The first-order valence-corrected chi connectivity index (χ1v) is 7.62. The molecule has 1 aromatic heterocycles. The molecule has 1 heterocycles. The highest BCUT2D eigenvalue weighted by Gasteiger charge is 2.26. The summed E-state index contributed by atoms with van der Waals surface area (Å²) in [6.45, 7) is 1.64. The topological polar surface area (TPSA) is 59.2 Å². The number of H-pyrrole nitrogens is 1. The number of hydrogen-bond acceptors (Lipinski definition) is 3. The van der Waals surface area contributed by atoms with E-state index in [1.165, 1.54) is 0 Å². The van der Waals surface area contributed by atoms with Crippen molar-refractivity contribution < 1.29 is 14.3 Å². The predicted octanol–water partition coefficient (Wildman–Crippen LogP) is 3.64. The van der Waals surface area contributed by atoms with Gasteiger partial charge in [0.2, 0.25) is 5.78 Å². The second-order valence-electron chi connectivity index (χ2n) is 5.67. The molecule has 1 N–H and O–H groups in total. The van der Waals surface area contributed by atoms with Gasteiger partial charge in [-0.2, -0.15) is 0 Å². The molecule has 0 bridgehead atoms. The number of nitrogens with one attached hydrogen (secondary N) is 1. The molecule has 0 aliphatic heterocycles. The molecule has 22 heavy (non-hydrogen) atoms. The molecule has 3 rings (SSSR count). The Morgan fingerprint density at radius 2 is 2.09 bits per heavy atom. The Balaban J connectivity index is 1.71. The maximum atomic E-state index is 12.5. The molecule has 0 saturated heterocycles. The molecule has 2 atom stereocenters. The average molecular weight is 297 g/mol. The van der Waals surface area contributed by atoms with Gasteiger partial charge in [0.15, 0.2) is 6.10 Å². The summed E-state index contributed by atoms with van der Waals surface area (Å²) in [6.07, 6.45) is 7.38. The lowest BCUT2D eigenvalue weighted by Gasteiger charge is -2.19. The zero-order valence-corrected chi connectivity index (χ0v) is 12.5. The number of ketones is 1. The molecule has 1 aromatic carbocycles. The molecular weight excluding hydrogens is 278 g/mol. The largest absolute Gasteiger partial charge is 0.454 e. The summed E-state index contributed by atoms with van der Waals surface area (Å²) in [5, 5.41) is 0.857. The van der Waals surface area contributed by atoms with Crippen LogP contribution in [0.5, 0.6) is 0 Å². The van der Waals surface area contributed by atoms with Crippen molar-refractivity contribution in [2.75, 3.05) is 0 Å². The lowest BCUT2D eigenvalue weighted by Crippen LogP contribution is -2.28. The van der Waals surface area contributed by atoms with Gasteiger partial charge in [0.25, 0.3) is 0 Å². The van der Waals surface area contributed by atoms with E-state index in [9.17, 15) is 9.59 Å². The van der Waals surface area contributed by atoms with Crippen LogP contribution >= 0.6 is 0 Å². The summed E-state index contributed by atoms with van der Waals surface area (Å²) in [5.41, 5.74) is 1.47. The van der Waals surface area contributed by atoms with Gasteiger partial charge in [0, 0.05) is 22.7 Å². The zero-order valence-electron chi connectivity index (χ0n) is 12.5. The van der Waals surface area contributed by atoms with Crippen LogP contribution in [0.4, 0.5) is 0 Å². The fourth-order valence-electron chi connectivity index (χ4n) is 2.83. The molecule has 0 saturated carbocycles. The summed E-state index contributed by atoms with van der Waals surface area (Å²) in [4.78, 5) is 27.7. The number of Topliss-reactive ketones (excluding diaryl/α,β-unsaturated/α-hetero) is 1. The Morgan fingerprint density at radius 1 is 1.27 bits per heavy atom. The fraction of sp³-hybridized carbons (Fsp3) is 0.333. The van der Waals surface area contributed by atoms with E-state index >= 15 is 0 Å². The van der Waals surface area contributed by atoms with Gasteiger partial charge >= 0.3 is 5.97 Å². The highest BCUT2D eigenvalue weighted by Crippen LogP contribution is 2.23. The normalized spacial score (nSPS) is 19.0. The number of hydrogen-bond donors (Lipinski definition) is 1. The quantitative estimate of drug-likeness (QED) is 0.532. The number of rotatable bonds is 4. The van der Waals surface area contributed by atoms with Crippen molar-refractivity contribution in [1.29, 1.82) is 0 Å². The number of para-hydroxylation sites is 1. The van der Waals surface area contributed by atoms with Gasteiger partial charge in [0.1, 0.15) is 0 Å². The number of ether oxygens (including phenoxy) is 1. The van der Waals surface area contributed by atoms with Crippen molar-refractivity contribution in [2.24, 2.45) is 5.92 Å². The molecule has 0 amide bonds. The third-order valence-electron chi connectivity index (χ3n) is 4.12. The van der Waals surface area contributed by atoms with E-state index in [1.807, 2.05) is 30.3 Å². The van der Waals surface area contributed by atoms with Crippen LogP contribution in [0.15, 0.2) is 42.6 Å². The minimum absolute atomic E-state index is 0.122. The van der Waals surface area contributed by atoms with Crippen molar-refractivity contribution in [3.8, 4) is 0 Å². The van der Waals surface area contributed by atoms with Gasteiger partial charge in [-0.05, 0) is 32.3 Å². The van der Waals surface area contributed by atoms with Crippen molar-refractivity contribution in [3.63, 3.8) is 0 Å². The molecule has 0 spiro atoms. The Hall–Kier alpha value is -2.36. The maximum Gasteiger partial charge on any atom is 0.309 e. The van der Waals surface area contributed by atoms with Gasteiger partial charge in [0.05, 0.1) is 5.92 Å². The number of allylic oxidation sites excluding steroid dienone is 2. The number of aromatic amines is 1. The Bertz CT molecular complexity index is 729. The third-order valence-corrected chi connectivity index (χ3v) is 4.12. The zero-order chi connectivity index (χ0) is 15.5. The third kappa shape index (κ3) is 2.82. The minimum Gasteiger partial charge on any atom is -0.454 e. The first kappa shape index (κ1) is 14.6. The van der Waals surface area contributed by atoms with Crippen LogP contribution in [-0.4, -0.2) is 22.8 Å². The van der Waals surface area contributed by atoms with Crippen LogP contribution in [-0.2, 0) is 9.53 Å². The minimum atomic E-state index is -0.766. The second-order valence-corrected chi connectivity index (χ2v) is 5.67. The summed E-state index contributed by atoms with van der Waals surface area (Å²) in [7, 11) is 0. The van der Waals surface area contributed by atoms with Gasteiger partial charge in [-0.3, -0.25) is 9.59 Å². The van der Waals surface area contributed by atoms with Crippen molar-refractivity contribution >= 4 is 22.7 Å². The summed E-state index contributed by atoms with van der Waals surface area (Å²) < 4.78 is 5.39. The van der Waals surface area contributed by atoms with Crippen LogP contribution in [0.2, 0.25) is 0 Å². The first-order chi connectivity index (χ1) is 10.7. The standard InChI is InChI=1S/C18H19NO3/c1-12(22-18(21)13-7-3-2-4-8-13)17(20)15-11-19-16-10-6-5-9-14(15)16/h2-3,5-6,9-13,19H,4,7-8H2,1H3/t12-,13+/m1/s1. The van der Waals surface area contributed by atoms with Crippen LogP contribution in [0.1, 0.15) is 36.5 Å². The molecule has 2 aromatic rings. The Kier molecular flexibility index (Phi) is 4.09. The molecular formula is C18H19NO3. The maximum absolute atomic E-state index is 12.5. The van der Waals surface area contributed by atoms with Crippen LogP contribution in [0.3, 0.4) is 0 Å². The monoisotopic (exact) mass is 297 g/mol. The van der Waals surface area contributed by atoms with E-state index in [1.54, 1.807) is 13.1 Å². The van der Waals surface area contributed by atoms with Crippen LogP contribution in [0.25, 0.3) is 10.9 Å². The molecule has 0 unspecified atom stereocenters. The molecule has 4 nitrogen and oxygen atoms in total. The van der Waals surface area contributed by atoms with E-state index < -0.39 is 6.10 Å². The summed E-state index contributed by atoms with van der Waals surface area (Å²) >= 11 is 0. The van der Waals surface area contributed by atoms with E-state index in [2.05, 4.69) is 11.1 Å². The first-order valence-electron chi connectivity index (χ1n) is 7.62. The predicted molar refractivity (Wildman–Crippen MR) is 84.7 cm³/mol. The smallest absolute Gasteiger partial charge is 0.309 e. The van der Waals surface area contributed by atoms with Gasteiger partial charge in [-0.25, -0.2) is 0 Å². The molecule has 0 radical (unpaired) electrons. The highest BCUT2D eigenvalue weighted by atomic mass is 16.5. The number of fused-ring (bicyclic) bond motifs is 1. The second kappa shape index (κ2) is 6.18. The van der Waals surface area contributed by atoms with Crippen molar-refractivity contribution in [3.05, 3.63) is 48.2 Å². The number of carbonyl (C=O) groups is 2. The Labute approximate surface area is 129 Å². The van der Waals surface area contributed by atoms with Crippen molar-refractivity contribution in [2.45, 2.75) is 32.3 Å². The number of carbonyl (C=O) groups excluding carboxylic acids is 2. The van der Waals surface area contributed by atoms with Crippen LogP contribution < -0.4 is 0 Å². The summed E-state index contributed by atoms with van der Waals surface area (Å²) in [5.74, 6) is -0.564. The SMILES string of the molecule is C[C@@H](OC(=O)[C@H]1CC=CCC1)C(=O)c1c[nH]c2ccccc12. The van der Waals surface area contributed by atoms with Gasteiger partial charge in [-0.15, -0.1) is 0 Å². The molecule has 114 valence electrons. The molecule has 1 aliphatic rings.